The Morgan fingerprint density at radius 2 is 1.17 bits per heavy atom. The number of ether oxygens (including phenoxy) is 2. The Balaban J connectivity index is 0. The van der Waals surface area contributed by atoms with E-state index in [1.807, 2.05) is 0 Å². The molecule has 12 heteroatoms. The van der Waals surface area contributed by atoms with Crippen molar-refractivity contribution in [2.45, 2.75) is 32.1 Å². The number of halogens is 3. The van der Waals surface area contributed by atoms with Crippen molar-refractivity contribution >= 4 is 23.9 Å². The average Bonchev–Trinajstić information content (AvgIpc) is 2.44. The minimum atomic E-state index is -5.08. The first kappa shape index (κ1) is 22.7. The van der Waals surface area contributed by atoms with Gasteiger partial charge >= 0.3 is 30.1 Å². The van der Waals surface area contributed by atoms with Crippen LogP contribution >= 0.6 is 0 Å². The highest BCUT2D eigenvalue weighted by molar-refractivity contribution is 5.86. The monoisotopic (exact) mass is 346 g/mol. The van der Waals surface area contributed by atoms with Gasteiger partial charge in [-0.05, 0) is 13.8 Å². The molecule has 0 bridgehead atoms. The second-order valence-corrected chi connectivity index (χ2v) is 3.91. The first-order valence-electron chi connectivity index (χ1n) is 5.89. The molecule has 0 radical (unpaired) electrons. The summed E-state index contributed by atoms with van der Waals surface area (Å²) in [5.41, 5.74) is 0. The molecule has 0 aliphatic heterocycles. The number of carboxylic acids is 1. The maximum absolute atomic E-state index is 11.3. The number of amides is 2. The third-order valence-electron chi connectivity index (χ3n) is 2.05. The van der Waals surface area contributed by atoms with Gasteiger partial charge in [0.1, 0.15) is 12.1 Å². The molecule has 3 N–H and O–H groups in total. The highest BCUT2D eigenvalue weighted by atomic mass is 19.4. The molecule has 2 amide bonds. The van der Waals surface area contributed by atoms with Gasteiger partial charge in [-0.2, -0.15) is 13.2 Å². The fourth-order valence-electron chi connectivity index (χ4n) is 0.906. The van der Waals surface area contributed by atoms with Crippen LogP contribution in [-0.4, -0.2) is 61.5 Å². The maximum atomic E-state index is 11.3. The molecule has 134 valence electrons. The number of carbonyl (C=O) groups excluding carboxylic acids is 3. The largest absolute Gasteiger partial charge is 0.490 e. The summed E-state index contributed by atoms with van der Waals surface area (Å²) in [6.45, 7) is 2.93. The molecule has 23 heavy (non-hydrogen) atoms. The van der Waals surface area contributed by atoms with Gasteiger partial charge in [-0.15, -0.1) is 0 Å². The molecule has 0 fully saturated rings. The molecule has 0 aliphatic carbocycles. The highest BCUT2D eigenvalue weighted by Gasteiger charge is 2.38. The van der Waals surface area contributed by atoms with Gasteiger partial charge < -0.3 is 25.2 Å². The SMILES string of the molecule is COC(=O)C(C)NC(=O)NC(C)C(=O)OC.O=C(O)C(F)(F)F. The van der Waals surface area contributed by atoms with Gasteiger partial charge in [0.15, 0.2) is 0 Å². The minimum absolute atomic E-state index is 0.569. The number of urea groups is 1. The van der Waals surface area contributed by atoms with Crippen LogP contribution in [-0.2, 0) is 23.9 Å². The molecule has 0 rings (SSSR count). The molecule has 2 atom stereocenters. The zero-order valence-corrected chi connectivity index (χ0v) is 12.7. The van der Waals surface area contributed by atoms with Crippen LogP contribution in [0.15, 0.2) is 0 Å². The van der Waals surface area contributed by atoms with Gasteiger partial charge in [-0.3, -0.25) is 0 Å². The van der Waals surface area contributed by atoms with Gasteiger partial charge in [0.2, 0.25) is 0 Å². The summed E-state index contributed by atoms with van der Waals surface area (Å²) in [5.74, 6) is -3.89. The molecule has 9 nitrogen and oxygen atoms in total. The maximum Gasteiger partial charge on any atom is 0.490 e. The molecule has 0 saturated carbocycles. The van der Waals surface area contributed by atoms with Gasteiger partial charge in [0.25, 0.3) is 0 Å². The smallest absolute Gasteiger partial charge is 0.475 e. The molecule has 0 aromatic rings. The van der Waals surface area contributed by atoms with E-state index in [0.29, 0.717) is 0 Å². The lowest BCUT2D eigenvalue weighted by atomic mass is 10.3. The van der Waals surface area contributed by atoms with Crippen LogP contribution in [0.1, 0.15) is 13.8 Å². The molecule has 0 aromatic heterocycles. The zero-order valence-electron chi connectivity index (χ0n) is 12.7. The number of carboxylic acid groups (broad SMARTS) is 1. The number of alkyl halides is 3. The number of hydrogen-bond donors (Lipinski definition) is 3. The highest BCUT2D eigenvalue weighted by Crippen LogP contribution is 2.13. The summed E-state index contributed by atoms with van der Waals surface area (Å²) in [6.07, 6.45) is -5.08. The summed E-state index contributed by atoms with van der Waals surface area (Å²) in [6, 6.07) is -2.21. The number of aliphatic carboxylic acids is 1. The van der Waals surface area contributed by atoms with Crippen LogP contribution in [0.3, 0.4) is 0 Å². The molecule has 0 heterocycles. The minimum Gasteiger partial charge on any atom is -0.475 e. The average molecular weight is 346 g/mol. The summed E-state index contributed by atoms with van der Waals surface area (Å²) >= 11 is 0. The van der Waals surface area contributed by atoms with E-state index in [1.165, 1.54) is 28.1 Å². The van der Waals surface area contributed by atoms with Crippen LogP contribution in [0.5, 0.6) is 0 Å². The van der Waals surface area contributed by atoms with Gasteiger partial charge in [-0.25, -0.2) is 19.2 Å². The van der Waals surface area contributed by atoms with Crippen molar-refractivity contribution in [3.63, 3.8) is 0 Å². The standard InChI is InChI=1S/C9H16N2O5.C2HF3O2/c1-5(7(12)15-3)10-9(14)11-6(2)8(13)16-4;3-2(4,5)1(6)7/h5-6H,1-4H3,(H2,10,11,14);(H,6,7). The fraction of sp³-hybridized carbons (Fsp3) is 0.636. The Morgan fingerprint density at radius 3 is 1.35 bits per heavy atom. The van der Waals surface area contributed by atoms with E-state index in [9.17, 15) is 27.6 Å². The van der Waals surface area contributed by atoms with E-state index in [-0.39, 0.29) is 0 Å². The lowest BCUT2D eigenvalue weighted by Crippen LogP contribution is -2.49. The van der Waals surface area contributed by atoms with E-state index in [4.69, 9.17) is 9.90 Å². The van der Waals surface area contributed by atoms with Crippen LogP contribution in [0.25, 0.3) is 0 Å². The Labute approximate surface area is 129 Å². The summed E-state index contributed by atoms with van der Waals surface area (Å²) in [7, 11) is 2.44. The van der Waals surface area contributed by atoms with Gasteiger partial charge in [0.05, 0.1) is 14.2 Å². The van der Waals surface area contributed by atoms with Crippen molar-refractivity contribution in [1.29, 1.82) is 0 Å². The molecular weight excluding hydrogens is 329 g/mol. The zero-order chi connectivity index (χ0) is 18.8. The summed E-state index contributed by atoms with van der Waals surface area (Å²) in [4.78, 5) is 42.1. The molecule has 0 saturated heterocycles. The first-order valence-corrected chi connectivity index (χ1v) is 5.89. The number of rotatable bonds is 4. The third-order valence-corrected chi connectivity index (χ3v) is 2.05. The van der Waals surface area contributed by atoms with Gasteiger partial charge in [-0.1, -0.05) is 0 Å². The van der Waals surface area contributed by atoms with Crippen LogP contribution < -0.4 is 10.6 Å². The third kappa shape index (κ3) is 10.8. The Morgan fingerprint density at radius 1 is 0.913 bits per heavy atom. The van der Waals surface area contributed by atoms with Crippen LogP contribution in [0, 0.1) is 0 Å². The fourth-order valence-corrected chi connectivity index (χ4v) is 0.906. The van der Waals surface area contributed by atoms with E-state index in [2.05, 4.69) is 20.1 Å². The lowest BCUT2D eigenvalue weighted by molar-refractivity contribution is -0.192. The van der Waals surface area contributed by atoms with Crippen molar-refractivity contribution < 1.29 is 46.9 Å². The molecule has 0 aliphatic rings. The number of carbonyl (C=O) groups is 4. The van der Waals surface area contributed by atoms with Crippen molar-refractivity contribution in [2.75, 3.05) is 14.2 Å². The second kappa shape index (κ2) is 10.2. The molecule has 2 unspecified atom stereocenters. The van der Waals surface area contributed by atoms with E-state index in [0.717, 1.165) is 0 Å². The van der Waals surface area contributed by atoms with E-state index >= 15 is 0 Å². The molecule has 0 aromatic carbocycles. The summed E-state index contributed by atoms with van der Waals surface area (Å²) < 4.78 is 40.6. The Kier molecular flexibility index (Phi) is 10.1. The predicted octanol–water partition coefficient (Wildman–Crippen LogP) is 0.0419. The van der Waals surface area contributed by atoms with Crippen molar-refractivity contribution in [3.05, 3.63) is 0 Å². The molecule has 0 spiro atoms. The number of esters is 2. The number of methoxy groups -OCH3 is 2. The van der Waals surface area contributed by atoms with Crippen LogP contribution in [0.4, 0.5) is 18.0 Å². The normalized spacial score (nSPS) is 12.7. The lowest BCUT2D eigenvalue weighted by Gasteiger charge is -2.15. The second-order valence-electron chi connectivity index (χ2n) is 3.91. The predicted molar refractivity (Wildman–Crippen MR) is 68.3 cm³/mol. The van der Waals surface area contributed by atoms with Crippen molar-refractivity contribution in [2.24, 2.45) is 0 Å². The van der Waals surface area contributed by atoms with Crippen molar-refractivity contribution in [3.8, 4) is 0 Å². The van der Waals surface area contributed by atoms with Crippen LogP contribution in [0.2, 0.25) is 0 Å². The Hall–Kier alpha value is -2.53. The molecular formula is C11H17F3N2O7. The van der Waals surface area contributed by atoms with E-state index in [1.54, 1.807) is 0 Å². The Bertz CT molecular complexity index is 414. The topological polar surface area (TPSA) is 131 Å². The quantitative estimate of drug-likeness (QED) is 0.613. The summed E-state index contributed by atoms with van der Waals surface area (Å²) in [5, 5.41) is 11.7. The van der Waals surface area contributed by atoms with Crippen molar-refractivity contribution in [1.82, 2.24) is 10.6 Å². The number of nitrogens with one attached hydrogen (secondary N) is 2. The number of hydrogen-bond acceptors (Lipinski definition) is 6. The van der Waals surface area contributed by atoms with E-state index < -0.39 is 42.2 Å². The van der Waals surface area contributed by atoms with Gasteiger partial charge in [0, 0.05) is 0 Å². The first-order chi connectivity index (χ1) is 10.4.